The van der Waals surface area contributed by atoms with Gasteiger partial charge < -0.3 is 11.1 Å². The fourth-order valence-corrected chi connectivity index (χ4v) is 2.20. The van der Waals surface area contributed by atoms with Gasteiger partial charge in [-0.25, -0.2) is 8.78 Å². The normalized spacial score (nSPS) is 10.2. The van der Waals surface area contributed by atoms with Crippen LogP contribution in [0.5, 0.6) is 0 Å². The van der Waals surface area contributed by atoms with Crippen molar-refractivity contribution in [1.29, 1.82) is 0 Å². The number of halogens is 3. The zero-order valence-electron chi connectivity index (χ0n) is 10.5. The number of nitrogens with one attached hydrogen (secondary N) is 1. The molecule has 2 aromatic rings. The van der Waals surface area contributed by atoms with Crippen molar-refractivity contribution in [1.82, 2.24) is 0 Å². The average Bonchev–Trinajstić information content (AvgIpc) is 2.41. The second-order valence-electron chi connectivity index (χ2n) is 4.14. The monoisotopic (exact) mass is 402 g/mol. The molecular formula is C14H9F2IN2O2. The maximum atomic E-state index is 13.6. The minimum atomic E-state index is -1.08. The first-order valence-electron chi connectivity index (χ1n) is 5.74. The van der Waals surface area contributed by atoms with Gasteiger partial charge in [0.05, 0.1) is 11.3 Å². The van der Waals surface area contributed by atoms with Gasteiger partial charge in [0.25, 0.3) is 11.8 Å². The topological polar surface area (TPSA) is 72.2 Å². The highest BCUT2D eigenvalue weighted by atomic mass is 127. The molecule has 2 aromatic carbocycles. The number of rotatable bonds is 3. The molecule has 0 aliphatic heterocycles. The predicted molar refractivity (Wildman–Crippen MR) is 82.0 cm³/mol. The van der Waals surface area contributed by atoms with Gasteiger partial charge in [0.1, 0.15) is 11.6 Å². The van der Waals surface area contributed by atoms with E-state index in [1.165, 1.54) is 0 Å². The summed E-state index contributed by atoms with van der Waals surface area (Å²) in [5.41, 5.74) is 4.49. The Morgan fingerprint density at radius 3 is 2.43 bits per heavy atom. The van der Waals surface area contributed by atoms with Gasteiger partial charge in [-0.1, -0.05) is 6.07 Å². The fraction of sp³-hybridized carbons (Fsp3) is 0. The third-order valence-electron chi connectivity index (χ3n) is 2.66. The first kappa shape index (κ1) is 15.4. The fourth-order valence-electron chi connectivity index (χ4n) is 1.66. The quantitative estimate of drug-likeness (QED) is 0.776. The molecule has 7 heteroatoms. The molecule has 2 amide bonds. The van der Waals surface area contributed by atoms with Crippen molar-refractivity contribution >= 4 is 40.1 Å². The standard InChI is InChI=1S/C14H9F2IN2O2/c15-10-6-11(16)12(5-9(10)13(18)20)19-14(21)7-2-1-3-8(17)4-7/h1-6H,(H2,18,20)(H,19,21). The SMILES string of the molecule is NC(=O)c1cc(NC(=O)c2cccc(I)c2)c(F)cc1F. The van der Waals surface area contributed by atoms with Crippen LogP contribution >= 0.6 is 22.6 Å². The number of nitrogens with two attached hydrogens (primary N) is 1. The van der Waals surface area contributed by atoms with E-state index in [4.69, 9.17) is 5.73 Å². The minimum absolute atomic E-state index is 0.311. The van der Waals surface area contributed by atoms with Crippen LogP contribution in [-0.4, -0.2) is 11.8 Å². The first-order chi connectivity index (χ1) is 9.88. The Morgan fingerprint density at radius 1 is 1.10 bits per heavy atom. The van der Waals surface area contributed by atoms with Gasteiger partial charge in [-0.3, -0.25) is 9.59 Å². The Balaban J connectivity index is 2.33. The summed E-state index contributed by atoms with van der Waals surface area (Å²) >= 11 is 2.03. The van der Waals surface area contributed by atoms with Crippen LogP contribution in [0.3, 0.4) is 0 Å². The Bertz CT molecular complexity index is 735. The van der Waals surface area contributed by atoms with E-state index in [1.807, 2.05) is 22.6 Å². The molecule has 4 nitrogen and oxygen atoms in total. The highest BCUT2D eigenvalue weighted by Gasteiger charge is 2.16. The molecule has 0 heterocycles. The summed E-state index contributed by atoms with van der Waals surface area (Å²) in [6, 6.07) is 8.00. The van der Waals surface area contributed by atoms with E-state index < -0.39 is 29.0 Å². The molecule has 0 aromatic heterocycles. The molecule has 0 radical (unpaired) electrons. The van der Waals surface area contributed by atoms with Crippen LogP contribution < -0.4 is 11.1 Å². The van der Waals surface area contributed by atoms with Crippen LogP contribution in [-0.2, 0) is 0 Å². The van der Waals surface area contributed by atoms with Gasteiger partial charge in [0.2, 0.25) is 0 Å². The van der Waals surface area contributed by atoms with Crippen molar-refractivity contribution in [2.45, 2.75) is 0 Å². The lowest BCUT2D eigenvalue weighted by molar-refractivity contribution is 0.0992. The maximum Gasteiger partial charge on any atom is 0.255 e. The number of benzene rings is 2. The average molecular weight is 402 g/mol. The summed E-state index contributed by atoms with van der Waals surface area (Å²) in [5.74, 6) is -3.68. The van der Waals surface area contributed by atoms with Crippen LogP contribution in [0.2, 0.25) is 0 Å². The Hall–Kier alpha value is -2.03. The second-order valence-corrected chi connectivity index (χ2v) is 5.39. The maximum absolute atomic E-state index is 13.6. The van der Waals surface area contributed by atoms with Gasteiger partial charge in [-0.05, 0) is 46.9 Å². The number of amides is 2. The first-order valence-corrected chi connectivity index (χ1v) is 6.82. The highest BCUT2D eigenvalue weighted by Crippen LogP contribution is 2.20. The molecule has 108 valence electrons. The number of carbonyl (C=O) groups is 2. The Morgan fingerprint density at radius 2 is 1.81 bits per heavy atom. The summed E-state index contributed by atoms with van der Waals surface area (Å²) in [4.78, 5) is 23.0. The molecule has 3 N–H and O–H groups in total. The van der Waals surface area contributed by atoms with Gasteiger partial charge in [0, 0.05) is 15.2 Å². The number of anilines is 1. The van der Waals surface area contributed by atoms with Crippen LogP contribution in [0, 0.1) is 15.2 Å². The molecule has 0 spiro atoms. The molecule has 21 heavy (non-hydrogen) atoms. The smallest absolute Gasteiger partial charge is 0.255 e. The minimum Gasteiger partial charge on any atom is -0.366 e. The van der Waals surface area contributed by atoms with Gasteiger partial charge in [-0.15, -0.1) is 0 Å². The van der Waals surface area contributed by atoms with E-state index >= 15 is 0 Å². The van der Waals surface area contributed by atoms with Crippen molar-refractivity contribution in [3.63, 3.8) is 0 Å². The van der Waals surface area contributed by atoms with E-state index in [2.05, 4.69) is 5.32 Å². The molecule has 0 atom stereocenters. The van der Waals surface area contributed by atoms with Crippen molar-refractivity contribution in [3.8, 4) is 0 Å². The molecule has 0 aliphatic carbocycles. The third kappa shape index (κ3) is 3.54. The second kappa shape index (κ2) is 6.17. The van der Waals surface area contributed by atoms with Crippen LogP contribution in [0.15, 0.2) is 36.4 Å². The summed E-state index contributed by atoms with van der Waals surface area (Å²) < 4.78 is 27.8. The molecule has 0 unspecified atom stereocenters. The molecular weight excluding hydrogens is 393 g/mol. The zero-order chi connectivity index (χ0) is 15.6. The van der Waals surface area contributed by atoms with E-state index in [1.54, 1.807) is 24.3 Å². The highest BCUT2D eigenvalue weighted by molar-refractivity contribution is 14.1. The van der Waals surface area contributed by atoms with E-state index in [0.29, 0.717) is 11.6 Å². The van der Waals surface area contributed by atoms with Gasteiger partial charge in [0.15, 0.2) is 0 Å². The van der Waals surface area contributed by atoms with Crippen molar-refractivity contribution < 1.29 is 18.4 Å². The molecule has 0 saturated heterocycles. The Kier molecular flexibility index (Phi) is 4.51. The van der Waals surface area contributed by atoms with Crippen molar-refractivity contribution in [2.24, 2.45) is 5.73 Å². The molecule has 0 bridgehead atoms. The van der Waals surface area contributed by atoms with Gasteiger partial charge in [-0.2, -0.15) is 0 Å². The number of hydrogen-bond acceptors (Lipinski definition) is 2. The van der Waals surface area contributed by atoms with Crippen LogP contribution in [0.1, 0.15) is 20.7 Å². The summed E-state index contributed by atoms with van der Waals surface area (Å²) in [5, 5.41) is 2.28. The van der Waals surface area contributed by atoms with Crippen molar-refractivity contribution in [3.05, 3.63) is 62.7 Å². The van der Waals surface area contributed by atoms with Crippen molar-refractivity contribution in [2.75, 3.05) is 5.32 Å². The lowest BCUT2D eigenvalue weighted by Gasteiger charge is -2.09. The largest absolute Gasteiger partial charge is 0.366 e. The van der Waals surface area contributed by atoms with Gasteiger partial charge >= 0.3 is 0 Å². The van der Waals surface area contributed by atoms with Crippen LogP contribution in [0.4, 0.5) is 14.5 Å². The summed E-state index contributed by atoms with van der Waals surface area (Å²) in [7, 11) is 0. The molecule has 0 aliphatic rings. The summed E-state index contributed by atoms with van der Waals surface area (Å²) in [6.45, 7) is 0. The summed E-state index contributed by atoms with van der Waals surface area (Å²) in [6.07, 6.45) is 0. The number of primary amides is 1. The third-order valence-corrected chi connectivity index (χ3v) is 3.33. The van der Waals surface area contributed by atoms with Crippen LogP contribution in [0.25, 0.3) is 0 Å². The van der Waals surface area contributed by atoms with E-state index in [9.17, 15) is 18.4 Å². The number of carbonyl (C=O) groups excluding carboxylic acids is 2. The van der Waals surface area contributed by atoms with E-state index in [0.717, 1.165) is 9.64 Å². The Labute approximate surface area is 132 Å². The molecule has 0 fully saturated rings. The van der Waals surface area contributed by atoms with E-state index in [-0.39, 0.29) is 5.69 Å². The lowest BCUT2D eigenvalue weighted by Crippen LogP contribution is -2.17. The lowest BCUT2D eigenvalue weighted by atomic mass is 10.1. The zero-order valence-corrected chi connectivity index (χ0v) is 12.6. The number of hydrogen-bond donors (Lipinski definition) is 2. The molecule has 0 saturated carbocycles. The predicted octanol–water partition coefficient (Wildman–Crippen LogP) is 2.92. The molecule has 2 rings (SSSR count).